The number of benzene rings is 1. The molecule has 128 valence electrons. The van der Waals surface area contributed by atoms with Gasteiger partial charge < -0.3 is 10.3 Å². The summed E-state index contributed by atoms with van der Waals surface area (Å²) >= 11 is 0. The van der Waals surface area contributed by atoms with Crippen LogP contribution in [0.3, 0.4) is 0 Å². The summed E-state index contributed by atoms with van der Waals surface area (Å²) in [5.74, 6) is 0.947. The van der Waals surface area contributed by atoms with E-state index in [0.29, 0.717) is 6.04 Å². The summed E-state index contributed by atoms with van der Waals surface area (Å²) < 4.78 is 0. The van der Waals surface area contributed by atoms with Gasteiger partial charge in [-0.2, -0.15) is 0 Å². The van der Waals surface area contributed by atoms with E-state index in [1.165, 1.54) is 22.0 Å². The van der Waals surface area contributed by atoms with E-state index in [0.717, 1.165) is 31.9 Å². The predicted octanol–water partition coefficient (Wildman–Crippen LogP) is 4.15. The molecular weight excluding hydrogens is 308 g/mol. The molecule has 0 unspecified atom stereocenters. The zero-order chi connectivity index (χ0) is 17.1. The van der Waals surface area contributed by atoms with Crippen molar-refractivity contribution in [3.05, 3.63) is 66.5 Å². The Morgan fingerprint density at radius 2 is 2.16 bits per heavy atom. The van der Waals surface area contributed by atoms with Gasteiger partial charge in [0.2, 0.25) is 0 Å². The number of fused-ring (bicyclic) bond motifs is 1. The minimum Gasteiger partial charge on any atom is -0.366 e. The van der Waals surface area contributed by atoms with E-state index < -0.39 is 0 Å². The van der Waals surface area contributed by atoms with Crippen molar-refractivity contribution in [2.75, 3.05) is 25.0 Å². The molecule has 1 aromatic carbocycles. The summed E-state index contributed by atoms with van der Waals surface area (Å²) in [6.07, 6.45) is 7.33. The van der Waals surface area contributed by atoms with Crippen molar-refractivity contribution in [1.29, 1.82) is 0 Å². The molecule has 1 aliphatic heterocycles. The number of anilines is 1. The van der Waals surface area contributed by atoms with E-state index in [2.05, 4.69) is 57.4 Å². The Hall–Kier alpha value is -2.59. The summed E-state index contributed by atoms with van der Waals surface area (Å²) in [4.78, 5) is 10.1. The summed E-state index contributed by atoms with van der Waals surface area (Å²) in [7, 11) is 0. The number of aromatic amines is 1. The van der Waals surface area contributed by atoms with Gasteiger partial charge in [0.1, 0.15) is 5.82 Å². The van der Waals surface area contributed by atoms with Gasteiger partial charge in [-0.05, 0) is 48.7 Å². The molecule has 0 radical (unpaired) electrons. The number of nitrogens with one attached hydrogen (secondary N) is 2. The van der Waals surface area contributed by atoms with Crippen molar-refractivity contribution in [2.45, 2.75) is 19.4 Å². The van der Waals surface area contributed by atoms with Gasteiger partial charge in [-0.1, -0.05) is 24.3 Å². The fourth-order valence-corrected chi connectivity index (χ4v) is 3.62. The van der Waals surface area contributed by atoms with Crippen LogP contribution in [0.15, 0.2) is 60.9 Å². The third-order valence-corrected chi connectivity index (χ3v) is 4.83. The maximum absolute atomic E-state index is 4.34. The molecule has 0 bridgehead atoms. The maximum Gasteiger partial charge on any atom is 0.126 e. The van der Waals surface area contributed by atoms with Gasteiger partial charge in [-0.15, -0.1) is 0 Å². The summed E-state index contributed by atoms with van der Waals surface area (Å²) in [6, 6.07) is 15.0. The Balaban J connectivity index is 1.39. The quantitative estimate of drug-likeness (QED) is 0.737. The number of pyridine rings is 1. The van der Waals surface area contributed by atoms with Gasteiger partial charge in [0.05, 0.1) is 0 Å². The highest BCUT2D eigenvalue weighted by molar-refractivity contribution is 5.92. The van der Waals surface area contributed by atoms with Crippen molar-refractivity contribution in [2.24, 2.45) is 0 Å². The molecule has 0 aliphatic carbocycles. The Morgan fingerprint density at radius 1 is 1.20 bits per heavy atom. The van der Waals surface area contributed by atoms with Crippen molar-refractivity contribution < 1.29 is 0 Å². The topological polar surface area (TPSA) is 44.0 Å². The molecule has 25 heavy (non-hydrogen) atoms. The van der Waals surface area contributed by atoms with Crippen molar-refractivity contribution >= 4 is 22.3 Å². The largest absolute Gasteiger partial charge is 0.366 e. The summed E-state index contributed by atoms with van der Waals surface area (Å²) in [5.41, 5.74) is 4.05. The van der Waals surface area contributed by atoms with Crippen LogP contribution in [0.25, 0.3) is 16.5 Å². The molecule has 4 heteroatoms. The second-order valence-electron chi connectivity index (χ2n) is 6.74. The van der Waals surface area contributed by atoms with Crippen LogP contribution in [0.2, 0.25) is 0 Å². The third kappa shape index (κ3) is 3.59. The number of rotatable bonds is 5. The van der Waals surface area contributed by atoms with Crippen LogP contribution in [0, 0.1) is 0 Å². The zero-order valence-corrected chi connectivity index (χ0v) is 14.6. The fraction of sp³-hybridized carbons (Fsp3) is 0.286. The molecule has 0 saturated carbocycles. The zero-order valence-electron chi connectivity index (χ0n) is 14.6. The van der Waals surface area contributed by atoms with Crippen LogP contribution in [0.1, 0.15) is 18.9 Å². The minimum atomic E-state index is 0.373. The van der Waals surface area contributed by atoms with Gasteiger partial charge in [0.25, 0.3) is 0 Å². The monoisotopic (exact) mass is 332 g/mol. The predicted molar refractivity (Wildman–Crippen MR) is 105 cm³/mol. The standard InChI is InChI=1S/C21H24N4/c1-16(24-21-7-2-3-11-23-21)15-25-13-9-17(10-14-25)18-5-4-6-20-19(18)8-12-22-20/h2-9,11-12,16,22H,10,13-15H2,1H3,(H,23,24)/t16-/m1/s1. The van der Waals surface area contributed by atoms with Crippen LogP contribution >= 0.6 is 0 Å². The second kappa shape index (κ2) is 7.11. The van der Waals surface area contributed by atoms with Gasteiger partial charge >= 0.3 is 0 Å². The second-order valence-corrected chi connectivity index (χ2v) is 6.74. The summed E-state index contributed by atoms with van der Waals surface area (Å²) in [6.45, 7) is 5.34. The Kier molecular flexibility index (Phi) is 4.53. The average Bonchev–Trinajstić information content (AvgIpc) is 3.12. The molecule has 3 heterocycles. The van der Waals surface area contributed by atoms with E-state index in [1.54, 1.807) is 0 Å². The third-order valence-electron chi connectivity index (χ3n) is 4.83. The highest BCUT2D eigenvalue weighted by atomic mass is 15.2. The molecular formula is C21H24N4. The summed E-state index contributed by atoms with van der Waals surface area (Å²) in [5, 5.41) is 4.80. The maximum atomic E-state index is 4.34. The molecule has 1 aliphatic rings. The Bertz CT molecular complexity index is 866. The van der Waals surface area contributed by atoms with Crippen LogP contribution in [-0.2, 0) is 0 Å². The Morgan fingerprint density at radius 3 is 2.96 bits per heavy atom. The van der Waals surface area contributed by atoms with Crippen molar-refractivity contribution in [3.8, 4) is 0 Å². The molecule has 4 rings (SSSR count). The molecule has 2 N–H and O–H groups in total. The van der Waals surface area contributed by atoms with E-state index in [4.69, 9.17) is 0 Å². The van der Waals surface area contributed by atoms with Gasteiger partial charge in [-0.25, -0.2) is 4.98 Å². The first-order valence-corrected chi connectivity index (χ1v) is 8.95. The first-order valence-electron chi connectivity index (χ1n) is 8.95. The highest BCUT2D eigenvalue weighted by Crippen LogP contribution is 2.28. The van der Waals surface area contributed by atoms with Gasteiger partial charge in [0.15, 0.2) is 0 Å². The molecule has 4 nitrogen and oxygen atoms in total. The smallest absolute Gasteiger partial charge is 0.126 e. The number of aromatic nitrogens is 2. The number of H-pyrrole nitrogens is 1. The first-order chi connectivity index (χ1) is 12.3. The molecule has 0 saturated heterocycles. The molecule has 1 atom stereocenters. The molecule has 2 aromatic heterocycles. The molecule has 3 aromatic rings. The normalized spacial score (nSPS) is 16.6. The highest BCUT2D eigenvalue weighted by Gasteiger charge is 2.16. The number of hydrogen-bond donors (Lipinski definition) is 2. The lowest BCUT2D eigenvalue weighted by atomic mass is 9.96. The lowest BCUT2D eigenvalue weighted by molar-refractivity contribution is 0.293. The van der Waals surface area contributed by atoms with Gasteiger partial charge in [0, 0.05) is 49.0 Å². The van der Waals surface area contributed by atoms with E-state index in [9.17, 15) is 0 Å². The Labute approximate surface area is 148 Å². The molecule has 0 amide bonds. The van der Waals surface area contributed by atoms with Crippen LogP contribution in [0.5, 0.6) is 0 Å². The van der Waals surface area contributed by atoms with E-state index in [-0.39, 0.29) is 0 Å². The van der Waals surface area contributed by atoms with Gasteiger partial charge in [-0.3, -0.25) is 4.90 Å². The minimum absolute atomic E-state index is 0.373. The average molecular weight is 332 g/mol. The SMILES string of the molecule is C[C@H](CN1CC=C(c2cccc3[nH]ccc23)CC1)Nc1ccccn1. The fourth-order valence-electron chi connectivity index (χ4n) is 3.62. The van der Waals surface area contributed by atoms with Crippen LogP contribution in [-0.4, -0.2) is 40.5 Å². The van der Waals surface area contributed by atoms with Crippen molar-refractivity contribution in [3.63, 3.8) is 0 Å². The first kappa shape index (κ1) is 15.9. The molecule has 0 spiro atoms. The van der Waals surface area contributed by atoms with Crippen molar-refractivity contribution in [1.82, 2.24) is 14.9 Å². The van der Waals surface area contributed by atoms with Crippen LogP contribution in [0.4, 0.5) is 5.82 Å². The van der Waals surface area contributed by atoms with E-state index in [1.807, 2.05) is 30.6 Å². The number of hydrogen-bond acceptors (Lipinski definition) is 3. The molecule has 0 fully saturated rings. The lowest BCUT2D eigenvalue weighted by Gasteiger charge is -2.29. The van der Waals surface area contributed by atoms with E-state index >= 15 is 0 Å². The van der Waals surface area contributed by atoms with Crippen LogP contribution < -0.4 is 5.32 Å². The lowest BCUT2D eigenvalue weighted by Crippen LogP contribution is -2.37. The number of nitrogens with zero attached hydrogens (tertiary/aromatic N) is 2.